The standard InChI is InChI=1S/C17H20N2O4/c1-4-23-16(22)17-10-9-14(20)19(17)13-8-6-5-7-12(13)15(21)18(17)11(2)3/h5-8,11H,4,9-10H2,1-3H3/t17-/m0/s1. The maximum Gasteiger partial charge on any atom is 0.353 e. The van der Waals surface area contributed by atoms with Crippen LogP contribution in [0.5, 0.6) is 0 Å². The summed E-state index contributed by atoms with van der Waals surface area (Å²) in [5.74, 6) is -0.944. The molecule has 2 aliphatic rings. The van der Waals surface area contributed by atoms with Gasteiger partial charge in [-0.05, 0) is 32.9 Å². The van der Waals surface area contributed by atoms with Crippen LogP contribution in [0.1, 0.15) is 44.0 Å². The van der Waals surface area contributed by atoms with E-state index >= 15 is 0 Å². The minimum absolute atomic E-state index is 0.163. The first-order valence-electron chi connectivity index (χ1n) is 7.88. The molecule has 0 saturated carbocycles. The van der Waals surface area contributed by atoms with Crippen molar-refractivity contribution in [3.63, 3.8) is 0 Å². The molecule has 23 heavy (non-hydrogen) atoms. The zero-order chi connectivity index (χ0) is 16.8. The summed E-state index contributed by atoms with van der Waals surface area (Å²) in [6.45, 7) is 5.60. The van der Waals surface area contributed by atoms with Gasteiger partial charge in [0, 0.05) is 18.9 Å². The molecule has 2 aliphatic heterocycles. The summed E-state index contributed by atoms with van der Waals surface area (Å²) in [5, 5.41) is 0. The number of rotatable bonds is 3. The van der Waals surface area contributed by atoms with Gasteiger partial charge < -0.3 is 9.64 Å². The van der Waals surface area contributed by atoms with Gasteiger partial charge in [-0.1, -0.05) is 12.1 Å². The molecule has 1 saturated heterocycles. The Morgan fingerprint density at radius 2 is 2.00 bits per heavy atom. The first-order valence-corrected chi connectivity index (χ1v) is 7.88. The van der Waals surface area contributed by atoms with Crippen LogP contribution >= 0.6 is 0 Å². The highest BCUT2D eigenvalue weighted by molar-refractivity contribution is 6.15. The number of amides is 2. The van der Waals surface area contributed by atoms with Crippen molar-refractivity contribution in [3.05, 3.63) is 29.8 Å². The predicted molar refractivity (Wildman–Crippen MR) is 83.8 cm³/mol. The summed E-state index contributed by atoms with van der Waals surface area (Å²) in [6.07, 6.45) is 0.465. The molecule has 2 amide bonds. The van der Waals surface area contributed by atoms with Crippen LogP contribution in [0.3, 0.4) is 0 Å². The van der Waals surface area contributed by atoms with Gasteiger partial charge in [0.2, 0.25) is 11.6 Å². The SMILES string of the molecule is CCOC(=O)[C@]12CCC(=O)N1c1ccccc1C(=O)N2C(C)C. The molecule has 2 heterocycles. The molecule has 1 fully saturated rings. The van der Waals surface area contributed by atoms with E-state index < -0.39 is 11.6 Å². The summed E-state index contributed by atoms with van der Waals surface area (Å²) in [5.41, 5.74) is -0.437. The second kappa shape index (κ2) is 5.37. The molecule has 1 aromatic rings. The number of hydrogen-bond acceptors (Lipinski definition) is 4. The molecular weight excluding hydrogens is 296 g/mol. The first-order chi connectivity index (χ1) is 10.9. The van der Waals surface area contributed by atoms with E-state index in [4.69, 9.17) is 4.74 Å². The summed E-state index contributed by atoms with van der Waals surface area (Å²) in [7, 11) is 0. The molecule has 1 atom stereocenters. The smallest absolute Gasteiger partial charge is 0.353 e. The Labute approximate surface area is 135 Å². The lowest BCUT2D eigenvalue weighted by molar-refractivity contribution is -0.157. The predicted octanol–water partition coefficient (Wildman–Crippen LogP) is 1.94. The zero-order valence-corrected chi connectivity index (χ0v) is 13.5. The fraction of sp³-hybridized carbons (Fsp3) is 0.471. The molecule has 0 unspecified atom stereocenters. The minimum atomic E-state index is -1.37. The average Bonchev–Trinajstić information content (AvgIpc) is 2.86. The van der Waals surface area contributed by atoms with E-state index in [0.29, 0.717) is 11.3 Å². The van der Waals surface area contributed by atoms with Crippen molar-refractivity contribution < 1.29 is 19.1 Å². The lowest BCUT2D eigenvalue weighted by Gasteiger charge is -2.50. The molecule has 0 bridgehead atoms. The Hall–Kier alpha value is -2.37. The van der Waals surface area contributed by atoms with Crippen LogP contribution in [0, 0.1) is 0 Å². The Morgan fingerprint density at radius 1 is 1.30 bits per heavy atom. The van der Waals surface area contributed by atoms with E-state index in [1.54, 1.807) is 31.2 Å². The quantitative estimate of drug-likeness (QED) is 0.799. The summed E-state index contributed by atoms with van der Waals surface area (Å²) in [4.78, 5) is 41.3. The Balaban J connectivity index is 2.27. The van der Waals surface area contributed by atoms with Gasteiger partial charge in [-0.3, -0.25) is 14.5 Å². The summed E-state index contributed by atoms with van der Waals surface area (Å²) < 4.78 is 5.25. The summed E-state index contributed by atoms with van der Waals surface area (Å²) >= 11 is 0. The van der Waals surface area contributed by atoms with Gasteiger partial charge in [0.25, 0.3) is 5.91 Å². The number of para-hydroxylation sites is 1. The Kier molecular flexibility index (Phi) is 3.62. The van der Waals surface area contributed by atoms with Crippen molar-refractivity contribution in [3.8, 4) is 0 Å². The zero-order valence-electron chi connectivity index (χ0n) is 13.5. The fourth-order valence-electron chi connectivity index (χ4n) is 3.62. The van der Waals surface area contributed by atoms with Crippen LogP contribution in [0.2, 0.25) is 0 Å². The number of carbonyl (C=O) groups excluding carboxylic acids is 3. The normalized spacial score (nSPS) is 23.1. The average molecular weight is 316 g/mol. The van der Waals surface area contributed by atoms with Crippen LogP contribution < -0.4 is 4.90 Å². The van der Waals surface area contributed by atoms with Gasteiger partial charge in [-0.25, -0.2) is 4.79 Å². The summed E-state index contributed by atoms with van der Waals surface area (Å²) in [6, 6.07) is 6.68. The van der Waals surface area contributed by atoms with Crippen LogP contribution in [0.25, 0.3) is 0 Å². The molecule has 6 heteroatoms. The number of ether oxygens (including phenoxy) is 1. The molecule has 0 aromatic heterocycles. The van der Waals surface area contributed by atoms with Gasteiger partial charge in [0.15, 0.2) is 0 Å². The van der Waals surface area contributed by atoms with Crippen molar-refractivity contribution in [1.29, 1.82) is 0 Å². The second-order valence-electron chi connectivity index (χ2n) is 6.05. The molecule has 1 aromatic carbocycles. The van der Waals surface area contributed by atoms with E-state index in [9.17, 15) is 14.4 Å². The third-order valence-electron chi connectivity index (χ3n) is 4.42. The van der Waals surface area contributed by atoms with Gasteiger partial charge in [0.05, 0.1) is 17.9 Å². The molecular formula is C17H20N2O4. The van der Waals surface area contributed by atoms with Gasteiger partial charge in [-0.2, -0.15) is 0 Å². The van der Waals surface area contributed by atoms with E-state index in [1.165, 1.54) is 9.80 Å². The minimum Gasteiger partial charge on any atom is -0.463 e. The molecule has 0 radical (unpaired) electrons. The number of benzene rings is 1. The third kappa shape index (κ3) is 1.97. The van der Waals surface area contributed by atoms with Crippen molar-refractivity contribution >= 4 is 23.5 Å². The number of hydrogen-bond donors (Lipinski definition) is 0. The molecule has 6 nitrogen and oxygen atoms in total. The topological polar surface area (TPSA) is 66.9 Å². The lowest BCUT2D eigenvalue weighted by Crippen LogP contribution is -2.70. The van der Waals surface area contributed by atoms with E-state index in [2.05, 4.69) is 0 Å². The highest BCUT2D eigenvalue weighted by Crippen LogP contribution is 2.45. The Morgan fingerprint density at radius 3 is 2.65 bits per heavy atom. The maximum absolute atomic E-state index is 13.0. The molecule has 122 valence electrons. The van der Waals surface area contributed by atoms with Crippen molar-refractivity contribution in [1.82, 2.24) is 4.90 Å². The molecule has 0 spiro atoms. The van der Waals surface area contributed by atoms with Crippen molar-refractivity contribution in [2.24, 2.45) is 0 Å². The number of carbonyl (C=O) groups is 3. The Bertz CT molecular complexity index is 685. The number of fused-ring (bicyclic) bond motifs is 3. The molecule has 0 aliphatic carbocycles. The lowest BCUT2D eigenvalue weighted by atomic mass is 9.95. The van der Waals surface area contributed by atoms with Crippen molar-refractivity contribution in [2.75, 3.05) is 11.5 Å². The maximum atomic E-state index is 13.0. The number of anilines is 1. The molecule has 0 N–H and O–H groups in total. The highest BCUT2D eigenvalue weighted by Gasteiger charge is 2.62. The second-order valence-corrected chi connectivity index (χ2v) is 6.05. The largest absolute Gasteiger partial charge is 0.463 e. The van der Waals surface area contributed by atoms with Crippen LogP contribution in [-0.2, 0) is 14.3 Å². The van der Waals surface area contributed by atoms with Gasteiger partial charge in [-0.15, -0.1) is 0 Å². The van der Waals surface area contributed by atoms with Crippen molar-refractivity contribution in [2.45, 2.75) is 45.3 Å². The van der Waals surface area contributed by atoms with Crippen LogP contribution in [0.15, 0.2) is 24.3 Å². The van der Waals surface area contributed by atoms with Crippen LogP contribution in [-0.4, -0.2) is 41.0 Å². The van der Waals surface area contributed by atoms with Gasteiger partial charge >= 0.3 is 5.97 Å². The van der Waals surface area contributed by atoms with E-state index in [1.807, 2.05) is 13.8 Å². The monoisotopic (exact) mass is 316 g/mol. The number of esters is 1. The van der Waals surface area contributed by atoms with Crippen LogP contribution in [0.4, 0.5) is 5.69 Å². The first kappa shape index (κ1) is 15.5. The van der Waals surface area contributed by atoms with E-state index in [-0.39, 0.29) is 37.3 Å². The van der Waals surface area contributed by atoms with E-state index in [0.717, 1.165) is 0 Å². The molecule has 3 rings (SSSR count). The number of nitrogens with zero attached hydrogens (tertiary/aromatic N) is 2. The third-order valence-corrected chi connectivity index (χ3v) is 4.42. The fourth-order valence-corrected chi connectivity index (χ4v) is 3.62. The highest BCUT2D eigenvalue weighted by atomic mass is 16.5. The van der Waals surface area contributed by atoms with Gasteiger partial charge in [0.1, 0.15) is 0 Å².